The van der Waals surface area contributed by atoms with Gasteiger partial charge < -0.3 is 15.1 Å². The Kier molecular flexibility index (Phi) is 5.94. The molecule has 0 bridgehead atoms. The summed E-state index contributed by atoms with van der Waals surface area (Å²) in [7, 11) is 1.66. The van der Waals surface area contributed by atoms with E-state index in [0.717, 1.165) is 5.56 Å². The Bertz CT molecular complexity index is 1120. The van der Waals surface area contributed by atoms with Gasteiger partial charge in [0.1, 0.15) is 12.0 Å². The molecular formula is C26H28N4O3. The van der Waals surface area contributed by atoms with Crippen molar-refractivity contribution >= 4 is 29.1 Å². The van der Waals surface area contributed by atoms with E-state index in [2.05, 4.69) is 11.4 Å². The van der Waals surface area contributed by atoms with E-state index in [-0.39, 0.29) is 30.7 Å². The molecule has 2 heterocycles. The van der Waals surface area contributed by atoms with Crippen LogP contribution in [-0.2, 0) is 19.8 Å². The number of hydrogen-bond donors (Lipinski definition) is 1. The second-order valence-electron chi connectivity index (χ2n) is 9.31. The topological polar surface area (TPSA) is 93.5 Å². The Morgan fingerprint density at radius 2 is 1.85 bits per heavy atom. The average molecular weight is 445 g/mol. The Labute approximate surface area is 194 Å². The molecule has 3 amide bonds. The summed E-state index contributed by atoms with van der Waals surface area (Å²) in [6, 6.07) is 18.0. The molecule has 0 saturated carbocycles. The first kappa shape index (κ1) is 22.5. The molecule has 1 unspecified atom stereocenters. The number of benzene rings is 2. The molecule has 2 aromatic rings. The first-order valence-electron chi connectivity index (χ1n) is 11.2. The number of carbonyl (C=O) groups is 3. The van der Waals surface area contributed by atoms with E-state index >= 15 is 0 Å². The normalized spacial score (nSPS) is 22.1. The maximum Gasteiger partial charge on any atom is 0.239 e. The molecule has 2 aliphatic rings. The van der Waals surface area contributed by atoms with Crippen molar-refractivity contribution in [1.82, 2.24) is 4.90 Å². The number of nitrogens with one attached hydrogen (secondary N) is 1. The maximum atomic E-state index is 13.8. The Balaban J connectivity index is 1.66. The zero-order valence-corrected chi connectivity index (χ0v) is 19.1. The van der Waals surface area contributed by atoms with Gasteiger partial charge in [-0.1, -0.05) is 50.2 Å². The van der Waals surface area contributed by atoms with Gasteiger partial charge in [0, 0.05) is 31.4 Å². The third-order valence-corrected chi connectivity index (χ3v) is 6.69. The van der Waals surface area contributed by atoms with Crippen molar-refractivity contribution in [3.63, 3.8) is 0 Å². The molecule has 4 rings (SSSR count). The SMILES string of the molecule is CC(C)CC(C(=O)N(C)c1ccccc1)C(=O)N1C[C@]2(C[C@H]1C#N)C(=O)Nc1ccccc12. The summed E-state index contributed by atoms with van der Waals surface area (Å²) in [5.74, 6) is -1.74. The van der Waals surface area contributed by atoms with Gasteiger partial charge in [-0.15, -0.1) is 0 Å². The van der Waals surface area contributed by atoms with E-state index in [1.54, 1.807) is 7.05 Å². The first-order chi connectivity index (χ1) is 15.8. The van der Waals surface area contributed by atoms with E-state index in [0.29, 0.717) is 17.8 Å². The van der Waals surface area contributed by atoms with E-state index in [9.17, 15) is 19.6 Å². The summed E-state index contributed by atoms with van der Waals surface area (Å²) < 4.78 is 0. The fraction of sp³-hybridized carbons (Fsp3) is 0.385. The lowest BCUT2D eigenvalue weighted by molar-refractivity contribution is -0.142. The summed E-state index contributed by atoms with van der Waals surface area (Å²) >= 11 is 0. The van der Waals surface area contributed by atoms with Crippen molar-refractivity contribution in [1.29, 1.82) is 5.26 Å². The fourth-order valence-corrected chi connectivity index (χ4v) is 4.98. The zero-order valence-electron chi connectivity index (χ0n) is 19.1. The van der Waals surface area contributed by atoms with Crippen LogP contribution in [-0.4, -0.2) is 42.3 Å². The van der Waals surface area contributed by atoms with Crippen molar-refractivity contribution in [2.75, 3.05) is 23.8 Å². The molecule has 1 N–H and O–H groups in total. The standard InChI is InChI=1S/C26H28N4O3/c1-17(2)13-20(23(31)29(3)18-9-5-4-6-10-18)24(32)30-16-26(14-19(30)15-27)21-11-7-8-12-22(21)28-25(26)33/h4-12,17,19-20H,13-14,16H2,1-3H3,(H,28,33)/t19-,20?,26-/m0/s1. The molecule has 2 aliphatic heterocycles. The molecule has 0 aliphatic carbocycles. The van der Waals surface area contributed by atoms with Crippen LogP contribution in [0.25, 0.3) is 0 Å². The smallest absolute Gasteiger partial charge is 0.239 e. The zero-order chi connectivity index (χ0) is 23.8. The summed E-state index contributed by atoms with van der Waals surface area (Å²) in [6.07, 6.45) is 0.578. The molecule has 0 radical (unpaired) electrons. The second kappa shape index (κ2) is 8.70. The molecule has 170 valence electrons. The van der Waals surface area contributed by atoms with Crippen LogP contribution >= 0.6 is 0 Å². The highest BCUT2D eigenvalue weighted by molar-refractivity contribution is 6.10. The van der Waals surface area contributed by atoms with Crippen LogP contribution in [0.5, 0.6) is 0 Å². The van der Waals surface area contributed by atoms with Gasteiger partial charge in [-0.05, 0) is 36.1 Å². The Morgan fingerprint density at radius 3 is 2.52 bits per heavy atom. The van der Waals surface area contributed by atoms with Crippen LogP contribution in [0.3, 0.4) is 0 Å². The van der Waals surface area contributed by atoms with Crippen molar-refractivity contribution < 1.29 is 14.4 Å². The van der Waals surface area contributed by atoms with Gasteiger partial charge in [0.25, 0.3) is 0 Å². The molecule has 1 saturated heterocycles. The molecule has 33 heavy (non-hydrogen) atoms. The lowest BCUT2D eigenvalue weighted by atomic mass is 9.80. The highest BCUT2D eigenvalue weighted by Crippen LogP contribution is 2.46. The van der Waals surface area contributed by atoms with E-state index in [1.165, 1.54) is 9.80 Å². The second-order valence-corrected chi connectivity index (χ2v) is 9.31. The molecule has 1 spiro atoms. The number of fused-ring (bicyclic) bond motifs is 2. The monoisotopic (exact) mass is 444 g/mol. The van der Waals surface area contributed by atoms with Crippen LogP contribution in [0.2, 0.25) is 0 Å². The third kappa shape index (κ3) is 3.86. The van der Waals surface area contributed by atoms with Gasteiger partial charge in [-0.2, -0.15) is 5.26 Å². The lowest BCUT2D eigenvalue weighted by Gasteiger charge is -2.29. The molecule has 7 heteroatoms. The quantitative estimate of drug-likeness (QED) is 0.716. The van der Waals surface area contributed by atoms with Gasteiger partial charge >= 0.3 is 0 Å². The third-order valence-electron chi connectivity index (χ3n) is 6.69. The predicted octanol–water partition coefficient (Wildman–Crippen LogP) is 3.33. The largest absolute Gasteiger partial charge is 0.325 e. The Morgan fingerprint density at radius 1 is 1.18 bits per heavy atom. The van der Waals surface area contributed by atoms with E-state index < -0.39 is 23.3 Å². The number of rotatable bonds is 5. The molecule has 2 aromatic carbocycles. The molecule has 0 aromatic heterocycles. The average Bonchev–Trinajstić information content (AvgIpc) is 3.35. The molecular weight excluding hydrogens is 416 g/mol. The van der Waals surface area contributed by atoms with Crippen LogP contribution in [0.4, 0.5) is 11.4 Å². The minimum atomic E-state index is -0.969. The van der Waals surface area contributed by atoms with Crippen LogP contribution < -0.4 is 10.2 Å². The van der Waals surface area contributed by atoms with Gasteiger partial charge in [-0.3, -0.25) is 14.4 Å². The summed E-state index contributed by atoms with van der Waals surface area (Å²) in [4.78, 5) is 43.2. The number of para-hydroxylation sites is 2. The number of anilines is 2. The Hall–Kier alpha value is -3.66. The van der Waals surface area contributed by atoms with Crippen molar-refractivity contribution in [2.45, 2.75) is 38.1 Å². The summed E-state index contributed by atoms with van der Waals surface area (Å²) in [6.45, 7) is 4.01. The van der Waals surface area contributed by atoms with Crippen molar-refractivity contribution in [3.8, 4) is 6.07 Å². The molecule has 1 fully saturated rings. The molecule has 3 atom stereocenters. The summed E-state index contributed by atoms with van der Waals surface area (Å²) in [5.41, 5.74) is 1.25. The fourth-order valence-electron chi connectivity index (χ4n) is 4.98. The minimum absolute atomic E-state index is 0.0871. The number of nitrogens with zero attached hydrogens (tertiary/aromatic N) is 3. The van der Waals surface area contributed by atoms with Gasteiger partial charge in [-0.25, -0.2) is 0 Å². The highest BCUT2D eigenvalue weighted by atomic mass is 16.2. The predicted molar refractivity (Wildman–Crippen MR) is 125 cm³/mol. The number of amides is 3. The van der Waals surface area contributed by atoms with E-state index in [1.807, 2.05) is 68.4 Å². The minimum Gasteiger partial charge on any atom is -0.325 e. The summed E-state index contributed by atoms with van der Waals surface area (Å²) in [5, 5.41) is 12.8. The number of likely N-dealkylation sites (tertiary alicyclic amines) is 1. The van der Waals surface area contributed by atoms with Crippen molar-refractivity contribution in [2.24, 2.45) is 11.8 Å². The maximum absolute atomic E-state index is 13.8. The van der Waals surface area contributed by atoms with Crippen LogP contribution in [0.1, 0.15) is 32.3 Å². The van der Waals surface area contributed by atoms with Crippen LogP contribution in [0, 0.1) is 23.2 Å². The van der Waals surface area contributed by atoms with Crippen LogP contribution in [0.15, 0.2) is 54.6 Å². The van der Waals surface area contributed by atoms with Gasteiger partial charge in [0.15, 0.2) is 0 Å². The van der Waals surface area contributed by atoms with Gasteiger partial charge in [0.05, 0.1) is 11.5 Å². The molecule has 7 nitrogen and oxygen atoms in total. The van der Waals surface area contributed by atoms with Gasteiger partial charge in [0.2, 0.25) is 17.7 Å². The van der Waals surface area contributed by atoms with E-state index in [4.69, 9.17) is 0 Å². The number of nitriles is 1. The first-order valence-corrected chi connectivity index (χ1v) is 11.2. The number of carbonyl (C=O) groups excluding carboxylic acids is 3. The van der Waals surface area contributed by atoms with Crippen molar-refractivity contribution in [3.05, 3.63) is 60.2 Å². The number of hydrogen-bond acceptors (Lipinski definition) is 4. The lowest BCUT2D eigenvalue weighted by Crippen LogP contribution is -2.47. The highest BCUT2D eigenvalue weighted by Gasteiger charge is 2.56.